The second-order valence-corrected chi connectivity index (χ2v) is 8.48. The second kappa shape index (κ2) is 11.0. The fourth-order valence-corrected chi connectivity index (χ4v) is 4.12. The van der Waals surface area contributed by atoms with Crippen LogP contribution in [0.4, 0.5) is 5.69 Å². The van der Waals surface area contributed by atoms with Gasteiger partial charge in [-0.2, -0.15) is 0 Å². The van der Waals surface area contributed by atoms with E-state index in [0.29, 0.717) is 13.2 Å². The predicted octanol–water partition coefficient (Wildman–Crippen LogP) is 3.99. The Morgan fingerprint density at radius 3 is 2.57 bits per heavy atom. The molecule has 0 spiro atoms. The number of nitrogens with one attached hydrogen (secondary N) is 2. The topological polar surface area (TPSA) is 99.7 Å². The van der Waals surface area contributed by atoms with Crippen molar-refractivity contribution in [3.05, 3.63) is 83.4 Å². The molecule has 8 heteroatoms. The number of fused-ring (bicyclic) bond motifs is 1. The van der Waals surface area contributed by atoms with Gasteiger partial charge in [-0.3, -0.25) is 10.0 Å². The number of morpholine rings is 1. The number of carbonyl (C=O) groups is 1. The summed E-state index contributed by atoms with van der Waals surface area (Å²) in [6.45, 7) is 2.94. The molecule has 4 aromatic rings. The van der Waals surface area contributed by atoms with Crippen LogP contribution in [0.2, 0.25) is 0 Å². The molecule has 1 aliphatic heterocycles. The fraction of sp³-hybridized carbons (Fsp3) is 0.172. The van der Waals surface area contributed by atoms with Crippen molar-refractivity contribution in [3.8, 4) is 29.0 Å². The molecule has 0 radical (unpaired) electrons. The number of hydroxylamine groups is 1. The van der Waals surface area contributed by atoms with E-state index in [2.05, 4.69) is 33.9 Å². The van der Waals surface area contributed by atoms with Gasteiger partial charge in [-0.25, -0.2) is 10.5 Å². The molecule has 8 nitrogen and oxygen atoms in total. The summed E-state index contributed by atoms with van der Waals surface area (Å²) in [6.07, 6.45) is 2.88. The summed E-state index contributed by atoms with van der Waals surface area (Å²) in [5, 5.41) is 8.62. The van der Waals surface area contributed by atoms with Crippen LogP contribution in [0, 0.1) is 11.8 Å². The first kappa shape index (κ1) is 24.1. The van der Waals surface area contributed by atoms with Gasteiger partial charge in [0.15, 0.2) is 0 Å². The molecule has 186 valence electrons. The zero-order chi connectivity index (χ0) is 25.6. The zero-order valence-corrected chi connectivity index (χ0v) is 20.3. The number of H-pyrrole nitrogens is 1. The Balaban J connectivity index is 1.49. The number of benzene rings is 3. The first-order valence-electron chi connectivity index (χ1n) is 11.9. The summed E-state index contributed by atoms with van der Waals surface area (Å²) in [6, 6.07) is 19.5. The molecule has 0 unspecified atom stereocenters. The van der Waals surface area contributed by atoms with Gasteiger partial charge in [0.2, 0.25) is 0 Å². The van der Waals surface area contributed by atoms with E-state index >= 15 is 0 Å². The summed E-state index contributed by atoms with van der Waals surface area (Å²) >= 11 is 0. The van der Waals surface area contributed by atoms with Gasteiger partial charge in [0.1, 0.15) is 11.6 Å². The average Bonchev–Trinajstić information content (AvgIpc) is 3.38. The Bertz CT molecular complexity index is 1490. The van der Waals surface area contributed by atoms with E-state index in [1.165, 1.54) is 6.08 Å². The molecule has 1 aliphatic rings. The lowest BCUT2D eigenvalue weighted by molar-refractivity contribution is -0.124. The van der Waals surface area contributed by atoms with E-state index in [0.717, 1.165) is 63.6 Å². The molecule has 0 aliphatic carbocycles. The lowest BCUT2D eigenvalue weighted by Gasteiger charge is -2.29. The smallest absolute Gasteiger partial charge is 0.267 e. The Kier molecular flexibility index (Phi) is 7.17. The highest BCUT2D eigenvalue weighted by atomic mass is 16.5. The minimum atomic E-state index is -0.580. The minimum Gasteiger partial charge on any atom is -0.497 e. The SMILES string of the molecule is COc1ccc(C#Cc2cc3[nH]c(-c4ccc(/C=C/C(=O)NO)cc4)nc3cc2N2CCOCC2)cc1. The van der Waals surface area contributed by atoms with E-state index in [1.807, 2.05) is 48.5 Å². The van der Waals surface area contributed by atoms with Gasteiger partial charge in [-0.1, -0.05) is 36.1 Å². The Hall–Kier alpha value is -4.58. The van der Waals surface area contributed by atoms with Crippen molar-refractivity contribution in [1.82, 2.24) is 15.4 Å². The maximum absolute atomic E-state index is 11.2. The maximum atomic E-state index is 11.2. The van der Waals surface area contributed by atoms with Crippen LogP contribution in [0.15, 0.2) is 66.7 Å². The average molecular weight is 495 g/mol. The number of aromatic amines is 1. The van der Waals surface area contributed by atoms with Crippen molar-refractivity contribution in [1.29, 1.82) is 0 Å². The highest BCUT2D eigenvalue weighted by molar-refractivity contribution is 5.91. The van der Waals surface area contributed by atoms with Crippen molar-refractivity contribution in [2.45, 2.75) is 0 Å². The summed E-state index contributed by atoms with van der Waals surface area (Å²) in [7, 11) is 1.65. The number of amides is 1. The van der Waals surface area contributed by atoms with Gasteiger partial charge in [0.05, 0.1) is 42.6 Å². The number of carbonyl (C=O) groups excluding carboxylic acids is 1. The molecule has 3 aromatic carbocycles. The molecule has 0 bridgehead atoms. The quantitative estimate of drug-likeness (QED) is 0.168. The summed E-state index contributed by atoms with van der Waals surface area (Å²) in [5.41, 5.74) is 7.94. The monoisotopic (exact) mass is 494 g/mol. The van der Waals surface area contributed by atoms with Crippen molar-refractivity contribution < 1.29 is 19.5 Å². The van der Waals surface area contributed by atoms with Crippen LogP contribution in [-0.2, 0) is 9.53 Å². The van der Waals surface area contributed by atoms with Crippen LogP contribution in [0.25, 0.3) is 28.5 Å². The molecule has 1 saturated heterocycles. The van der Waals surface area contributed by atoms with Gasteiger partial charge in [-0.05, 0) is 48.0 Å². The number of rotatable bonds is 5. The number of imidazole rings is 1. The van der Waals surface area contributed by atoms with Crippen molar-refractivity contribution in [3.63, 3.8) is 0 Å². The van der Waals surface area contributed by atoms with Gasteiger partial charge in [0.25, 0.3) is 5.91 Å². The van der Waals surface area contributed by atoms with Crippen LogP contribution in [0.3, 0.4) is 0 Å². The van der Waals surface area contributed by atoms with E-state index in [1.54, 1.807) is 18.7 Å². The van der Waals surface area contributed by atoms with Crippen molar-refractivity contribution >= 4 is 28.7 Å². The molecule has 0 saturated carbocycles. The fourth-order valence-electron chi connectivity index (χ4n) is 4.12. The molecule has 1 amide bonds. The first-order chi connectivity index (χ1) is 18.1. The standard InChI is InChI=1S/C29H26N4O4/c1-36-24-11-5-21(6-12-24)4-10-23-18-25-26(19-27(23)33-14-16-37-17-15-33)31-29(30-25)22-8-2-20(3-9-22)7-13-28(34)32-35/h2-3,5-9,11-13,18-19,35H,14-17H2,1H3,(H,30,31)(H,32,34)/b13-7+. The number of aromatic nitrogens is 2. The number of hydrogen-bond donors (Lipinski definition) is 3. The van der Waals surface area contributed by atoms with Crippen LogP contribution in [0.1, 0.15) is 16.7 Å². The Labute approximate surface area is 214 Å². The highest BCUT2D eigenvalue weighted by Crippen LogP contribution is 2.29. The molecular formula is C29H26N4O4. The molecular weight excluding hydrogens is 468 g/mol. The summed E-state index contributed by atoms with van der Waals surface area (Å²) in [5.74, 6) is 7.60. The molecule has 5 rings (SSSR count). The number of hydrogen-bond acceptors (Lipinski definition) is 6. The Morgan fingerprint density at radius 1 is 1.11 bits per heavy atom. The van der Waals surface area contributed by atoms with Gasteiger partial charge < -0.3 is 19.4 Å². The summed E-state index contributed by atoms with van der Waals surface area (Å²) in [4.78, 5) is 21.8. The van der Waals surface area contributed by atoms with Gasteiger partial charge in [0, 0.05) is 30.3 Å². The molecule has 3 N–H and O–H groups in total. The predicted molar refractivity (Wildman–Crippen MR) is 142 cm³/mol. The van der Waals surface area contributed by atoms with Crippen molar-refractivity contribution in [2.75, 3.05) is 38.3 Å². The number of methoxy groups -OCH3 is 1. The zero-order valence-electron chi connectivity index (χ0n) is 20.3. The van der Waals surface area contributed by atoms with Crippen LogP contribution < -0.4 is 15.1 Å². The lowest BCUT2D eigenvalue weighted by Crippen LogP contribution is -2.36. The largest absolute Gasteiger partial charge is 0.497 e. The lowest BCUT2D eigenvalue weighted by atomic mass is 10.1. The third kappa shape index (κ3) is 5.64. The van der Waals surface area contributed by atoms with Crippen LogP contribution >= 0.6 is 0 Å². The molecule has 2 heterocycles. The number of ether oxygens (including phenoxy) is 2. The van der Waals surface area contributed by atoms with Gasteiger partial charge >= 0.3 is 0 Å². The molecule has 0 atom stereocenters. The molecule has 1 fully saturated rings. The second-order valence-electron chi connectivity index (χ2n) is 8.48. The minimum absolute atomic E-state index is 0.580. The number of anilines is 1. The third-order valence-electron chi connectivity index (χ3n) is 6.10. The molecule has 37 heavy (non-hydrogen) atoms. The van der Waals surface area contributed by atoms with E-state index < -0.39 is 5.91 Å². The Morgan fingerprint density at radius 2 is 1.86 bits per heavy atom. The van der Waals surface area contributed by atoms with E-state index in [4.69, 9.17) is 19.7 Å². The maximum Gasteiger partial charge on any atom is 0.267 e. The van der Waals surface area contributed by atoms with E-state index in [-0.39, 0.29) is 0 Å². The van der Waals surface area contributed by atoms with Crippen LogP contribution in [0.5, 0.6) is 5.75 Å². The van der Waals surface area contributed by atoms with Gasteiger partial charge in [-0.15, -0.1) is 0 Å². The van der Waals surface area contributed by atoms with Crippen LogP contribution in [-0.4, -0.2) is 54.5 Å². The first-order valence-corrected chi connectivity index (χ1v) is 11.9. The van der Waals surface area contributed by atoms with Crippen molar-refractivity contribution in [2.24, 2.45) is 0 Å². The number of nitrogens with zero attached hydrogens (tertiary/aromatic N) is 2. The summed E-state index contributed by atoms with van der Waals surface area (Å²) < 4.78 is 10.8. The highest BCUT2D eigenvalue weighted by Gasteiger charge is 2.17. The van der Waals surface area contributed by atoms with E-state index in [9.17, 15) is 4.79 Å². The normalized spacial score (nSPS) is 13.4. The molecule has 1 aromatic heterocycles. The third-order valence-corrected chi connectivity index (χ3v) is 6.10.